The van der Waals surface area contributed by atoms with Crippen LogP contribution in [0.25, 0.3) is 0 Å². The minimum atomic E-state index is -0.282. The van der Waals surface area contributed by atoms with E-state index in [2.05, 4.69) is 4.98 Å². The van der Waals surface area contributed by atoms with Gasteiger partial charge in [0.15, 0.2) is 0 Å². The van der Waals surface area contributed by atoms with Gasteiger partial charge in [-0.2, -0.15) is 0 Å². The number of esters is 1. The first kappa shape index (κ1) is 10.9. The molecule has 1 aromatic rings. The second kappa shape index (κ2) is 5.55. The number of hydrogen-bond donors (Lipinski definition) is 0. The number of rotatable bonds is 2. The normalized spacial score (nSPS) is 8.42. The molecule has 0 aliphatic rings. The highest BCUT2D eigenvalue weighted by Crippen LogP contribution is 1.95. The van der Waals surface area contributed by atoms with Crippen LogP contribution in [0.3, 0.4) is 0 Å². The molecule has 3 nitrogen and oxygen atoms in total. The van der Waals surface area contributed by atoms with Crippen LogP contribution in [0.15, 0.2) is 24.4 Å². The van der Waals surface area contributed by atoms with E-state index in [4.69, 9.17) is 4.74 Å². The van der Waals surface area contributed by atoms with Gasteiger partial charge in [-0.25, -0.2) is 0 Å². The highest BCUT2D eigenvalue weighted by atomic mass is 35.5. The van der Waals surface area contributed by atoms with Gasteiger partial charge in [-0.05, 0) is 12.1 Å². The van der Waals surface area contributed by atoms with E-state index >= 15 is 0 Å². The third kappa shape index (κ3) is 3.93. The van der Waals surface area contributed by atoms with Crippen LogP contribution in [0.1, 0.15) is 12.6 Å². The summed E-state index contributed by atoms with van der Waals surface area (Å²) < 4.78 is 4.73. The van der Waals surface area contributed by atoms with Gasteiger partial charge in [0.25, 0.3) is 0 Å². The van der Waals surface area contributed by atoms with Crippen LogP contribution in [0.2, 0.25) is 0 Å². The van der Waals surface area contributed by atoms with Crippen LogP contribution >= 0.6 is 12.4 Å². The van der Waals surface area contributed by atoms with Gasteiger partial charge in [-0.3, -0.25) is 9.78 Å². The first-order valence-electron chi connectivity index (χ1n) is 3.32. The Morgan fingerprint density at radius 2 is 2.33 bits per heavy atom. The number of carbonyl (C=O) groups excluding carboxylic acids is 1. The number of hydrogen-bond acceptors (Lipinski definition) is 3. The molecule has 0 spiro atoms. The molecular formula is C8H10ClNO2. The van der Waals surface area contributed by atoms with E-state index in [1.165, 1.54) is 6.92 Å². The Hall–Kier alpha value is -1.09. The molecule has 0 bridgehead atoms. The lowest BCUT2D eigenvalue weighted by molar-refractivity contribution is -0.142. The molecule has 0 N–H and O–H groups in total. The lowest BCUT2D eigenvalue weighted by atomic mass is 10.4. The van der Waals surface area contributed by atoms with Crippen molar-refractivity contribution in [2.24, 2.45) is 0 Å². The second-order valence-corrected chi connectivity index (χ2v) is 2.10. The summed E-state index contributed by atoms with van der Waals surface area (Å²) in [6.45, 7) is 1.64. The molecule has 0 atom stereocenters. The molecule has 1 rings (SSSR count). The summed E-state index contributed by atoms with van der Waals surface area (Å²) >= 11 is 0. The summed E-state index contributed by atoms with van der Waals surface area (Å²) in [7, 11) is 0. The Labute approximate surface area is 77.2 Å². The molecule has 66 valence electrons. The standard InChI is InChI=1S/C8H9NO2.ClH/c1-7(10)11-6-8-4-2-3-5-9-8;/h2-5H,6H2,1H3;1H. The van der Waals surface area contributed by atoms with Gasteiger partial charge < -0.3 is 4.74 Å². The number of carbonyl (C=O) groups is 1. The zero-order chi connectivity index (χ0) is 8.10. The minimum Gasteiger partial charge on any atom is -0.459 e. The Morgan fingerprint density at radius 3 is 2.83 bits per heavy atom. The van der Waals surface area contributed by atoms with Crippen molar-refractivity contribution in [3.05, 3.63) is 30.1 Å². The van der Waals surface area contributed by atoms with Gasteiger partial charge in [0.2, 0.25) is 0 Å². The van der Waals surface area contributed by atoms with Gasteiger partial charge in [0, 0.05) is 13.1 Å². The smallest absolute Gasteiger partial charge is 0.303 e. The van der Waals surface area contributed by atoms with Crippen molar-refractivity contribution in [3.63, 3.8) is 0 Å². The predicted octanol–water partition coefficient (Wildman–Crippen LogP) is 1.57. The minimum absolute atomic E-state index is 0. The number of nitrogens with zero attached hydrogens (tertiary/aromatic N) is 1. The van der Waals surface area contributed by atoms with Crippen molar-refractivity contribution in [2.45, 2.75) is 13.5 Å². The molecule has 0 saturated heterocycles. The van der Waals surface area contributed by atoms with Crippen LogP contribution in [0, 0.1) is 0 Å². The molecule has 1 aromatic heterocycles. The van der Waals surface area contributed by atoms with Gasteiger partial charge in [-0.15, -0.1) is 12.4 Å². The molecule has 0 aliphatic carbocycles. The number of halogens is 1. The molecule has 12 heavy (non-hydrogen) atoms. The lowest BCUT2D eigenvalue weighted by Gasteiger charge is -1.98. The van der Waals surface area contributed by atoms with Crippen LogP contribution in [-0.4, -0.2) is 11.0 Å². The van der Waals surface area contributed by atoms with E-state index in [1.54, 1.807) is 6.20 Å². The maximum atomic E-state index is 10.4. The van der Waals surface area contributed by atoms with Crippen LogP contribution in [-0.2, 0) is 16.1 Å². The highest BCUT2D eigenvalue weighted by molar-refractivity contribution is 5.85. The maximum Gasteiger partial charge on any atom is 0.303 e. The average molecular weight is 188 g/mol. The summed E-state index contributed by atoms with van der Waals surface area (Å²) in [4.78, 5) is 14.3. The second-order valence-electron chi connectivity index (χ2n) is 2.10. The molecule has 0 radical (unpaired) electrons. The van der Waals surface area contributed by atoms with Crippen molar-refractivity contribution in [3.8, 4) is 0 Å². The first-order valence-corrected chi connectivity index (χ1v) is 3.32. The Bertz CT molecular complexity index is 238. The monoisotopic (exact) mass is 187 g/mol. The number of aromatic nitrogens is 1. The van der Waals surface area contributed by atoms with E-state index < -0.39 is 0 Å². The number of pyridine rings is 1. The topological polar surface area (TPSA) is 39.2 Å². The molecule has 0 aliphatic heterocycles. The molecule has 1 heterocycles. The maximum absolute atomic E-state index is 10.4. The Morgan fingerprint density at radius 1 is 1.58 bits per heavy atom. The third-order valence-corrected chi connectivity index (χ3v) is 1.15. The van der Waals surface area contributed by atoms with Crippen LogP contribution in [0.4, 0.5) is 0 Å². The molecule has 0 aromatic carbocycles. The fraction of sp³-hybridized carbons (Fsp3) is 0.250. The van der Waals surface area contributed by atoms with Crippen molar-refractivity contribution < 1.29 is 9.53 Å². The number of ether oxygens (including phenoxy) is 1. The van der Waals surface area contributed by atoms with Crippen molar-refractivity contribution >= 4 is 18.4 Å². The molecule has 0 unspecified atom stereocenters. The summed E-state index contributed by atoms with van der Waals surface area (Å²) in [6, 6.07) is 5.48. The largest absolute Gasteiger partial charge is 0.459 e. The zero-order valence-electron chi connectivity index (χ0n) is 6.69. The summed E-state index contributed by atoms with van der Waals surface area (Å²) in [5, 5.41) is 0. The van der Waals surface area contributed by atoms with E-state index in [0.717, 1.165) is 5.69 Å². The molecule has 0 saturated carbocycles. The molecular weight excluding hydrogens is 178 g/mol. The van der Waals surface area contributed by atoms with E-state index in [9.17, 15) is 4.79 Å². The summed E-state index contributed by atoms with van der Waals surface area (Å²) in [6.07, 6.45) is 1.67. The third-order valence-electron chi connectivity index (χ3n) is 1.15. The van der Waals surface area contributed by atoms with Gasteiger partial charge in [-0.1, -0.05) is 6.07 Å². The quantitative estimate of drug-likeness (QED) is 0.660. The predicted molar refractivity (Wildman–Crippen MR) is 47.0 cm³/mol. The fourth-order valence-electron chi connectivity index (χ4n) is 0.659. The SMILES string of the molecule is CC(=O)OCc1ccccn1.Cl. The highest BCUT2D eigenvalue weighted by Gasteiger charge is 1.94. The van der Waals surface area contributed by atoms with Crippen molar-refractivity contribution in [1.82, 2.24) is 4.98 Å². The Balaban J connectivity index is 0.00000121. The fourth-order valence-corrected chi connectivity index (χ4v) is 0.659. The van der Waals surface area contributed by atoms with Gasteiger partial charge in [0.05, 0.1) is 5.69 Å². The van der Waals surface area contributed by atoms with E-state index in [0.29, 0.717) is 0 Å². The summed E-state index contributed by atoms with van der Waals surface area (Å²) in [5.74, 6) is -0.282. The van der Waals surface area contributed by atoms with Crippen molar-refractivity contribution in [2.75, 3.05) is 0 Å². The van der Waals surface area contributed by atoms with Crippen LogP contribution in [0.5, 0.6) is 0 Å². The van der Waals surface area contributed by atoms with Gasteiger partial charge >= 0.3 is 5.97 Å². The molecule has 0 fully saturated rings. The van der Waals surface area contributed by atoms with Crippen LogP contribution < -0.4 is 0 Å². The average Bonchev–Trinajstić information content (AvgIpc) is 2.03. The lowest BCUT2D eigenvalue weighted by Crippen LogP contribution is -1.99. The van der Waals surface area contributed by atoms with Crippen molar-refractivity contribution in [1.29, 1.82) is 0 Å². The van der Waals surface area contributed by atoms with E-state index in [1.807, 2.05) is 18.2 Å². The van der Waals surface area contributed by atoms with E-state index in [-0.39, 0.29) is 25.0 Å². The Kier molecular flexibility index (Phi) is 5.04. The zero-order valence-corrected chi connectivity index (χ0v) is 7.50. The molecule has 4 heteroatoms. The first-order chi connectivity index (χ1) is 5.29. The van der Waals surface area contributed by atoms with Gasteiger partial charge in [0.1, 0.15) is 6.61 Å². The molecule has 0 amide bonds. The summed E-state index contributed by atoms with van der Waals surface area (Å²) in [5.41, 5.74) is 0.766.